The molecule has 0 saturated carbocycles. The van der Waals surface area contributed by atoms with Crippen molar-refractivity contribution >= 4 is 21.6 Å². The molecule has 0 amide bonds. The molecule has 0 radical (unpaired) electrons. The van der Waals surface area contributed by atoms with Crippen molar-refractivity contribution in [2.45, 2.75) is 6.61 Å². The van der Waals surface area contributed by atoms with Gasteiger partial charge in [0, 0.05) is 10.9 Å². The van der Waals surface area contributed by atoms with Gasteiger partial charge in [-0.3, -0.25) is 0 Å². The van der Waals surface area contributed by atoms with Crippen LogP contribution in [0.3, 0.4) is 0 Å². The van der Waals surface area contributed by atoms with Crippen LogP contribution >= 0.6 is 11.3 Å². The Hall–Kier alpha value is -3.23. The van der Waals surface area contributed by atoms with Gasteiger partial charge in [0.05, 0.1) is 17.0 Å². The maximum absolute atomic E-state index is 8.87. The van der Waals surface area contributed by atoms with Crippen LogP contribution in [0.5, 0.6) is 5.88 Å². The fourth-order valence-corrected chi connectivity index (χ4v) is 3.52. The van der Waals surface area contributed by atoms with Gasteiger partial charge < -0.3 is 4.74 Å². The number of aromatic nitrogens is 2. The molecule has 0 saturated heterocycles. The number of nitriles is 1. The topological polar surface area (TPSA) is 58.8 Å². The van der Waals surface area contributed by atoms with E-state index in [1.54, 1.807) is 23.5 Å². The van der Waals surface area contributed by atoms with E-state index in [9.17, 15) is 0 Å². The first-order valence-corrected chi connectivity index (χ1v) is 8.62. The van der Waals surface area contributed by atoms with Gasteiger partial charge in [-0.25, -0.2) is 9.97 Å². The zero-order valence-electron chi connectivity index (χ0n) is 13.2. The average molecular weight is 343 g/mol. The van der Waals surface area contributed by atoms with E-state index >= 15 is 0 Å². The molecule has 2 aromatic carbocycles. The Kier molecular flexibility index (Phi) is 4.11. The molecule has 0 atom stereocenters. The molecule has 2 aromatic heterocycles. The van der Waals surface area contributed by atoms with Gasteiger partial charge in [-0.05, 0) is 23.3 Å². The molecule has 25 heavy (non-hydrogen) atoms. The summed E-state index contributed by atoms with van der Waals surface area (Å²) >= 11 is 1.58. The van der Waals surface area contributed by atoms with Crippen LogP contribution in [0, 0.1) is 11.3 Å². The number of hydrogen-bond acceptors (Lipinski definition) is 5. The minimum Gasteiger partial charge on any atom is -0.472 e. The monoisotopic (exact) mass is 343 g/mol. The van der Waals surface area contributed by atoms with Crippen LogP contribution in [0.25, 0.3) is 21.3 Å². The molecule has 0 spiro atoms. The van der Waals surface area contributed by atoms with E-state index in [0.29, 0.717) is 18.1 Å². The first-order chi connectivity index (χ1) is 12.3. The lowest BCUT2D eigenvalue weighted by atomic mass is 10.1. The summed E-state index contributed by atoms with van der Waals surface area (Å²) in [6.45, 7) is 0.391. The van der Waals surface area contributed by atoms with Gasteiger partial charge in [-0.2, -0.15) is 5.26 Å². The second-order valence-electron chi connectivity index (χ2n) is 5.47. The zero-order valence-corrected chi connectivity index (χ0v) is 14.0. The number of fused-ring (bicyclic) bond motifs is 1. The van der Waals surface area contributed by atoms with E-state index in [4.69, 9.17) is 10.00 Å². The molecule has 0 N–H and O–H groups in total. The fraction of sp³-hybridized carbons (Fsp3) is 0.0500. The van der Waals surface area contributed by atoms with Crippen molar-refractivity contribution in [2.75, 3.05) is 0 Å². The van der Waals surface area contributed by atoms with E-state index in [2.05, 4.69) is 33.5 Å². The molecule has 4 rings (SSSR count). The third-order valence-electron chi connectivity index (χ3n) is 3.88. The van der Waals surface area contributed by atoms with Crippen LogP contribution in [0.1, 0.15) is 11.1 Å². The third kappa shape index (κ3) is 3.08. The summed E-state index contributed by atoms with van der Waals surface area (Å²) in [5.41, 5.74) is 3.82. The van der Waals surface area contributed by atoms with Crippen LogP contribution in [0.4, 0.5) is 0 Å². The number of nitrogens with zero attached hydrogens (tertiary/aromatic N) is 3. The summed E-state index contributed by atoms with van der Waals surface area (Å²) in [5, 5.41) is 11.9. The molecule has 4 aromatic rings. The van der Waals surface area contributed by atoms with Gasteiger partial charge in [0.25, 0.3) is 0 Å². The number of hydrogen-bond donors (Lipinski definition) is 0. The number of thiophene rings is 1. The minimum atomic E-state index is 0.391. The van der Waals surface area contributed by atoms with Crippen molar-refractivity contribution in [3.8, 4) is 23.1 Å². The van der Waals surface area contributed by atoms with Gasteiger partial charge in [-0.1, -0.05) is 42.5 Å². The van der Waals surface area contributed by atoms with Gasteiger partial charge in [0.2, 0.25) is 5.88 Å². The van der Waals surface area contributed by atoms with Crippen molar-refractivity contribution in [3.63, 3.8) is 0 Å². The highest BCUT2D eigenvalue weighted by Crippen LogP contribution is 2.37. The lowest BCUT2D eigenvalue weighted by Gasteiger charge is -2.08. The standard InChI is InChI=1S/C20H13N3OS/c21-10-14-6-8-15(9-7-14)11-24-19-18-17(16-4-2-1-3-5-16)12-25-20(18)23-13-22-19/h1-9,12-13H,11H2. The Morgan fingerprint density at radius 3 is 2.56 bits per heavy atom. The summed E-state index contributed by atoms with van der Waals surface area (Å²) in [4.78, 5) is 9.60. The minimum absolute atomic E-state index is 0.391. The van der Waals surface area contributed by atoms with E-state index in [0.717, 1.165) is 26.9 Å². The SMILES string of the molecule is N#Cc1ccc(COc2ncnc3scc(-c4ccccc4)c23)cc1. The third-order valence-corrected chi connectivity index (χ3v) is 4.77. The molecule has 0 aliphatic carbocycles. The van der Waals surface area contributed by atoms with Crippen LogP contribution in [0.15, 0.2) is 66.3 Å². The van der Waals surface area contributed by atoms with Crippen molar-refractivity contribution in [2.24, 2.45) is 0 Å². The van der Waals surface area contributed by atoms with Gasteiger partial charge in [0.15, 0.2) is 0 Å². The van der Waals surface area contributed by atoms with Crippen molar-refractivity contribution < 1.29 is 4.74 Å². The zero-order chi connectivity index (χ0) is 17.1. The van der Waals surface area contributed by atoms with Crippen LogP contribution in [-0.2, 0) is 6.61 Å². The fourth-order valence-electron chi connectivity index (χ4n) is 2.61. The Morgan fingerprint density at radius 1 is 1.00 bits per heavy atom. The first-order valence-electron chi connectivity index (χ1n) is 7.74. The van der Waals surface area contributed by atoms with Crippen LogP contribution < -0.4 is 4.74 Å². The van der Waals surface area contributed by atoms with Crippen LogP contribution in [-0.4, -0.2) is 9.97 Å². The summed E-state index contributed by atoms with van der Waals surface area (Å²) in [7, 11) is 0. The normalized spacial score (nSPS) is 10.5. The lowest BCUT2D eigenvalue weighted by molar-refractivity contribution is 0.298. The quantitative estimate of drug-likeness (QED) is 0.533. The van der Waals surface area contributed by atoms with Gasteiger partial charge in [-0.15, -0.1) is 11.3 Å². The van der Waals surface area contributed by atoms with E-state index in [1.807, 2.05) is 30.3 Å². The van der Waals surface area contributed by atoms with Crippen molar-refractivity contribution in [1.29, 1.82) is 5.26 Å². The predicted molar refractivity (Wildman–Crippen MR) is 98.3 cm³/mol. The Balaban J connectivity index is 1.67. The smallest absolute Gasteiger partial charge is 0.226 e. The molecule has 120 valence electrons. The largest absolute Gasteiger partial charge is 0.472 e. The average Bonchev–Trinajstić information content (AvgIpc) is 3.12. The predicted octanol–water partition coefficient (Wildman–Crippen LogP) is 4.81. The molecule has 2 heterocycles. The summed E-state index contributed by atoms with van der Waals surface area (Å²) in [6.07, 6.45) is 1.53. The molecule has 0 aliphatic heterocycles. The molecule has 0 aliphatic rings. The highest BCUT2D eigenvalue weighted by atomic mass is 32.1. The first kappa shape index (κ1) is 15.3. The van der Waals surface area contributed by atoms with Gasteiger partial charge >= 0.3 is 0 Å². The van der Waals surface area contributed by atoms with E-state index in [-0.39, 0.29) is 0 Å². The molecule has 0 fully saturated rings. The highest BCUT2D eigenvalue weighted by molar-refractivity contribution is 7.17. The molecular formula is C20H13N3OS. The number of benzene rings is 2. The second kappa shape index (κ2) is 6.71. The molecular weight excluding hydrogens is 330 g/mol. The number of ether oxygens (including phenoxy) is 1. The highest BCUT2D eigenvalue weighted by Gasteiger charge is 2.14. The van der Waals surface area contributed by atoms with Gasteiger partial charge in [0.1, 0.15) is 17.8 Å². The summed E-state index contributed by atoms with van der Waals surface area (Å²) in [5.74, 6) is 0.578. The lowest BCUT2D eigenvalue weighted by Crippen LogP contribution is -1.98. The maximum Gasteiger partial charge on any atom is 0.226 e. The Bertz CT molecular complexity index is 1050. The Labute approximate surface area is 149 Å². The van der Waals surface area contributed by atoms with E-state index in [1.165, 1.54) is 6.33 Å². The molecule has 0 unspecified atom stereocenters. The summed E-state index contributed by atoms with van der Waals surface area (Å²) in [6, 6.07) is 19.6. The van der Waals surface area contributed by atoms with E-state index < -0.39 is 0 Å². The summed E-state index contributed by atoms with van der Waals surface area (Å²) < 4.78 is 5.97. The molecule has 4 nitrogen and oxygen atoms in total. The van der Waals surface area contributed by atoms with Crippen LogP contribution in [0.2, 0.25) is 0 Å². The second-order valence-corrected chi connectivity index (χ2v) is 6.33. The molecule has 5 heteroatoms. The molecule has 0 bridgehead atoms. The Morgan fingerprint density at radius 2 is 1.80 bits per heavy atom. The number of rotatable bonds is 4. The van der Waals surface area contributed by atoms with Crippen molar-refractivity contribution in [1.82, 2.24) is 9.97 Å². The maximum atomic E-state index is 8.87. The van der Waals surface area contributed by atoms with Crippen molar-refractivity contribution in [3.05, 3.63) is 77.4 Å².